The second-order valence-electron chi connectivity index (χ2n) is 7.48. The van der Waals surface area contributed by atoms with Gasteiger partial charge in [0.05, 0.1) is 17.3 Å². The van der Waals surface area contributed by atoms with Crippen LogP contribution in [0.2, 0.25) is 5.15 Å². The molecule has 0 aliphatic rings. The molecule has 158 valence electrons. The van der Waals surface area contributed by atoms with Gasteiger partial charge in [-0.2, -0.15) is 13.2 Å². The zero-order valence-corrected chi connectivity index (χ0v) is 16.9. The molecule has 2 unspecified atom stereocenters. The molecule has 2 N–H and O–H groups in total. The van der Waals surface area contributed by atoms with E-state index in [2.05, 4.69) is 10.3 Å². The van der Waals surface area contributed by atoms with Gasteiger partial charge in [-0.3, -0.25) is 0 Å². The highest BCUT2D eigenvalue weighted by atomic mass is 35.5. The largest absolute Gasteiger partial charge is 0.444 e. The molecule has 2 rings (SSSR count). The van der Waals surface area contributed by atoms with Crippen molar-refractivity contribution in [3.63, 3.8) is 0 Å². The molecular weight excluding hydrogens is 409 g/mol. The van der Waals surface area contributed by atoms with Gasteiger partial charge in [-0.05, 0) is 57.0 Å². The van der Waals surface area contributed by atoms with Crippen LogP contribution in [0.25, 0.3) is 0 Å². The second kappa shape index (κ2) is 9.00. The van der Waals surface area contributed by atoms with Crippen LogP contribution < -0.4 is 5.32 Å². The van der Waals surface area contributed by atoms with Crippen molar-refractivity contribution in [2.45, 2.75) is 51.1 Å². The van der Waals surface area contributed by atoms with Crippen LogP contribution in [-0.2, 0) is 17.3 Å². The molecule has 0 fully saturated rings. The molecule has 5 nitrogen and oxygen atoms in total. The van der Waals surface area contributed by atoms with Crippen molar-refractivity contribution < 1.29 is 27.8 Å². The van der Waals surface area contributed by atoms with Crippen molar-refractivity contribution in [1.82, 2.24) is 10.3 Å². The van der Waals surface area contributed by atoms with Crippen molar-refractivity contribution in [1.29, 1.82) is 0 Å². The second-order valence-corrected chi connectivity index (χ2v) is 7.87. The molecule has 0 saturated carbocycles. The van der Waals surface area contributed by atoms with E-state index in [4.69, 9.17) is 16.3 Å². The quantitative estimate of drug-likeness (QED) is 0.660. The monoisotopic (exact) mass is 430 g/mol. The van der Waals surface area contributed by atoms with Crippen LogP contribution >= 0.6 is 11.6 Å². The number of ether oxygens (including phenoxy) is 1. The maximum Gasteiger partial charge on any atom is 0.416 e. The first-order valence-electron chi connectivity index (χ1n) is 8.81. The van der Waals surface area contributed by atoms with Gasteiger partial charge >= 0.3 is 12.3 Å². The van der Waals surface area contributed by atoms with Crippen molar-refractivity contribution in [2.24, 2.45) is 0 Å². The summed E-state index contributed by atoms with van der Waals surface area (Å²) >= 11 is 5.87. The molecule has 0 bridgehead atoms. The van der Waals surface area contributed by atoms with Crippen molar-refractivity contribution >= 4 is 17.7 Å². The summed E-state index contributed by atoms with van der Waals surface area (Å²) in [5.41, 5.74) is -0.844. The number of alkyl halides is 3. The van der Waals surface area contributed by atoms with E-state index in [1.54, 1.807) is 26.8 Å². The standard InChI is InChI=1S/C20H22ClF3N2O3/c1-19(2,3)29-18(28)26-15(17(27)14-5-4-6-16(21)25-14)11-12-7-9-13(10-8-12)20(22,23)24/h4-10,15,17,27H,11H2,1-3H3,(H,26,28). The number of pyridine rings is 1. The number of aliphatic hydroxyl groups excluding tert-OH is 1. The molecule has 9 heteroatoms. The highest BCUT2D eigenvalue weighted by Crippen LogP contribution is 2.29. The Morgan fingerprint density at radius 1 is 1.17 bits per heavy atom. The van der Waals surface area contributed by atoms with E-state index >= 15 is 0 Å². The lowest BCUT2D eigenvalue weighted by atomic mass is 9.98. The topological polar surface area (TPSA) is 71.5 Å². The molecule has 29 heavy (non-hydrogen) atoms. The van der Waals surface area contributed by atoms with Gasteiger partial charge in [0.25, 0.3) is 0 Å². The fraction of sp³-hybridized carbons (Fsp3) is 0.400. The molecule has 0 radical (unpaired) electrons. The van der Waals surface area contributed by atoms with Crippen molar-refractivity contribution in [2.75, 3.05) is 0 Å². The van der Waals surface area contributed by atoms with Gasteiger partial charge in [0, 0.05) is 0 Å². The predicted octanol–water partition coefficient (Wildman–Crippen LogP) is 4.92. The number of hydrogen-bond acceptors (Lipinski definition) is 4. The van der Waals surface area contributed by atoms with Crippen LogP contribution in [0.4, 0.5) is 18.0 Å². The molecule has 1 heterocycles. The molecule has 2 atom stereocenters. The van der Waals surface area contributed by atoms with Crippen LogP contribution in [0.3, 0.4) is 0 Å². The maximum atomic E-state index is 12.8. The smallest absolute Gasteiger partial charge is 0.416 e. The number of benzene rings is 1. The summed E-state index contributed by atoms with van der Waals surface area (Å²) < 4.78 is 43.5. The minimum absolute atomic E-state index is 0.0484. The summed E-state index contributed by atoms with van der Waals surface area (Å²) in [6.45, 7) is 5.06. The summed E-state index contributed by atoms with van der Waals surface area (Å²) in [5, 5.41) is 13.5. The fourth-order valence-electron chi connectivity index (χ4n) is 2.58. The van der Waals surface area contributed by atoms with Gasteiger partial charge < -0.3 is 15.2 Å². The van der Waals surface area contributed by atoms with Gasteiger partial charge in [0.15, 0.2) is 0 Å². The Kier molecular flexibility index (Phi) is 7.13. The number of aliphatic hydroxyl groups is 1. The third-order valence-electron chi connectivity index (χ3n) is 3.86. The summed E-state index contributed by atoms with van der Waals surface area (Å²) in [4.78, 5) is 16.2. The molecular formula is C20H22ClF3N2O3. The van der Waals surface area contributed by atoms with E-state index < -0.39 is 35.6 Å². The summed E-state index contributed by atoms with van der Waals surface area (Å²) in [7, 11) is 0. The molecule has 2 aromatic rings. The molecule has 0 spiro atoms. The van der Waals surface area contributed by atoms with E-state index in [0.29, 0.717) is 5.56 Å². The highest BCUT2D eigenvalue weighted by molar-refractivity contribution is 6.29. The summed E-state index contributed by atoms with van der Waals surface area (Å²) in [5.74, 6) is 0. The van der Waals surface area contributed by atoms with Gasteiger partial charge in [-0.1, -0.05) is 29.8 Å². The minimum atomic E-state index is -4.45. The van der Waals surface area contributed by atoms with E-state index in [-0.39, 0.29) is 17.3 Å². The normalized spacial score (nSPS) is 14.2. The average molecular weight is 431 g/mol. The Hall–Kier alpha value is -2.32. The number of rotatable bonds is 5. The first-order valence-corrected chi connectivity index (χ1v) is 9.19. The molecule has 1 aromatic carbocycles. The Morgan fingerprint density at radius 2 is 1.79 bits per heavy atom. The predicted molar refractivity (Wildman–Crippen MR) is 103 cm³/mol. The lowest BCUT2D eigenvalue weighted by Gasteiger charge is -2.26. The van der Waals surface area contributed by atoms with Crippen LogP contribution in [0.1, 0.15) is 43.7 Å². The average Bonchev–Trinajstić information content (AvgIpc) is 2.58. The number of carbonyl (C=O) groups excluding carboxylic acids is 1. The zero-order chi connectivity index (χ0) is 21.8. The first-order chi connectivity index (χ1) is 13.3. The number of carbonyl (C=O) groups is 1. The van der Waals surface area contributed by atoms with Gasteiger partial charge in [-0.25, -0.2) is 9.78 Å². The van der Waals surface area contributed by atoms with E-state index in [9.17, 15) is 23.1 Å². The van der Waals surface area contributed by atoms with Crippen LogP contribution in [0.5, 0.6) is 0 Å². The number of amides is 1. The van der Waals surface area contributed by atoms with Crippen LogP contribution in [0.15, 0.2) is 42.5 Å². The Bertz CT molecular complexity index is 836. The van der Waals surface area contributed by atoms with Crippen molar-refractivity contribution in [3.8, 4) is 0 Å². The minimum Gasteiger partial charge on any atom is -0.444 e. The number of aromatic nitrogens is 1. The number of nitrogens with zero attached hydrogens (tertiary/aromatic N) is 1. The van der Waals surface area contributed by atoms with Crippen molar-refractivity contribution in [3.05, 3.63) is 64.4 Å². The van der Waals surface area contributed by atoms with Gasteiger partial charge in [0.2, 0.25) is 0 Å². The molecule has 0 saturated heterocycles. The lowest BCUT2D eigenvalue weighted by Crippen LogP contribution is -2.43. The van der Waals surface area contributed by atoms with E-state index in [0.717, 1.165) is 12.1 Å². The number of halogens is 4. The Morgan fingerprint density at radius 3 is 2.31 bits per heavy atom. The lowest BCUT2D eigenvalue weighted by molar-refractivity contribution is -0.137. The van der Waals surface area contributed by atoms with Gasteiger partial charge in [-0.15, -0.1) is 0 Å². The SMILES string of the molecule is CC(C)(C)OC(=O)NC(Cc1ccc(C(F)(F)F)cc1)C(O)c1cccc(Cl)n1. The molecule has 1 amide bonds. The third-order valence-corrected chi connectivity index (χ3v) is 4.07. The Balaban J connectivity index is 2.25. The number of nitrogens with one attached hydrogen (secondary N) is 1. The van der Waals surface area contributed by atoms with Gasteiger partial charge in [0.1, 0.15) is 16.9 Å². The molecule has 1 aromatic heterocycles. The maximum absolute atomic E-state index is 12.8. The van der Waals surface area contributed by atoms with Crippen LogP contribution in [-0.4, -0.2) is 27.8 Å². The first kappa shape index (κ1) is 23.0. The highest BCUT2D eigenvalue weighted by Gasteiger charge is 2.31. The Labute approximate surface area is 171 Å². The molecule has 0 aliphatic carbocycles. The number of hydrogen-bond donors (Lipinski definition) is 2. The molecule has 0 aliphatic heterocycles. The van der Waals surface area contributed by atoms with E-state index in [1.165, 1.54) is 24.3 Å². The fourth-order valence-corrected chi connectivity index (χ4v) is 2.75. The van der Waals surface area contributed by atoms with E-state index in [1.807, 2.05) is 0 Å². The van der Waals surface area contributed by atoms with Crippen LogP contribution in [0, 0.1) is 0 Å². The third kappa shape index (κ3) is 7.21. The summed E-state index contributed by atoms with van der Waals surface area (Å²) in [6.07, 6.45) is -6.43. The summed E-state index contributed by atoms with van der Waals surface area (Å²) in [6, 6.07) is 8.24. The zero-order valence-electron chi connectivity index (χ0n) is 16.1. The number of alkyl carbamates (subject to hydrolysis) is 1.